The zero-order valence-corrected chi connectivity index (χ0v) is 11.6. The average molecular weight is 250 g/mol. The number of aliphatic hydroxyl groups excluding tert-OH is 1. The van der Waals surface area contributed by atoms with Crippen LogP contribution < -0.4 is 0 Å². The molecule has 1 aliphatic heterocycles. The highest BCUT2D eigenvalue weighted by Gasteiger charge is 2.82. The largest absolute Gasteiger partial charge is 0.389 e. The first-order valence-corrected chi connectivity index (χ1v) is 6.88. The summed E-state index contributed by atoms with van der Waals surface area (Å²) in [6.07, 6.45) is 3.96. The van der Waals surface area contributed by atoms with Gasteiger partial charge in [0, 0.05) is 5.41 Å². The van der Waals surface area contributed by atoms with E-state index in [-0.39, 0.29) is 16.8 Å². The van der Waals surface area contributed by atoms with E-state index < -0.39 is 11.7 Å². The maximum Gasteiger partial charge on any atom is 0.177 e. The highest BCUT2D eigenvalue weighted by Crippen LogP contribution is 2.68. The van der Waals surface area contributed by atoms with Crippen molar-refractivity contribution in [3.8, 4) is 0 Å². The minimum Gasteiger partial charge on any atom is -0.389 e. The van der Waals surface area contributed by atoms with E-state index in [0.717, 1.165) is 24.8 Å². The number of Topliss-reactive ketones (excluding diaryl/α,β-unsaturated/α-hetero) is 1. The highest BCUT2D eigenvalue weighted by molar-refractivity contribution is 6.01. The van der Waals surface area contributed by atoms with E-state index in [1.807, 2.05) is 26.8 Å². The average Bonchev–Trinajstić information content (AvgIpc) is 2.86. The minimum atomic E-state index is -0.735. The number of carbonyl (C=O) groups excluding carboxylic acids is 1. The van der Waals surface area contributed by atoms with Crippen LogP contribution in [0.15, 0.2) is 11.6 Å². The van der Waals surface area contributed by atoms with Gasteiger partial charge in [0.15, 0.2) is 11.4 Å². The molecule has 1 saturated heterocycles. The Morgan fingerprint density at radius 2 is 2.06 bits per heavy atom. The molecule has 2 aliphatic carbocycles. The summed E-state index contributed by atoms with van der Waals surface area (Å²) in [6, 6.07) is 0. The van der Waals surface area contributed by atoms with E-state index in [2.05, 4.69) is 6.92 Å². The van der Waals surface area contributed by atoms with Crippen molar-refractivity contribution in [3.63, 3.8) is 0 Å². The van der Waals surface area contributed by atoms with Crippen LogP contribution in [0.1, 0.15) is 47.0 Å². The second-order valence-corrected chi connectivity index (χ2v) is 7.00. The van der Waals surface area contributed by atoms with Crippen molar-refractivity contribution in [3.05, 3.63) is 11.6 Å². The maximum absolute atomic E-state index is 12.6. The molecular weight excluding hydrogens is 228 g/mol. The van der Waals surface area contributed by atoms with Crippen molar-refractivity contribution >= 4 is 5.78 Å². The van der Waals surface area contributed by atoms with Crippen LogP contribution in [-0.2, 0) is 9.53 Å². The summed E-state index contributed by atoms with van der Waals surface area (Å²) in [5.74, 6) is 0.512. The van der Waals surface area contributed by atoms with Crippen LogP contribution in [0.5, 0.6) is 0 Å². The van der Waals surface area contributed by atoms with Crippen LogP contribution in [0, 0.1) is 11.3 Å². The third-order valence-electron chi connectivity index (χ3n) is 5.21. The number of aliphatic hydroxyl groups is 1. The van der Waals surface area contributed by atoms with Crippen molar-refractivity contribution in [2.75, 3.05) is 0 Å². The molecule has 1 heterocycles. The predicted molar refractivity (Wildman–Crippen MR) is 68.1 cm³/mol. The lowest BCUT2D eigenvalue weighted by molar-refractivity contribution is -0.130. The number of carbonyl (C=O) groups is 1. The smallest absolute Gasteiger partial charge is 0.177 e. The fraction of sp³-hybridized carbons (Fsp3) is 0.800. The van der Waals surface area contributed by atoms with E-state index >= 15 is 0 Å². The predicted octanol–water partition coefficient (Wildman–Crippen LogP) is 2.23. The van der Waals surface area contributed by atoms with Gasteiger partial charge in [-0.25, -0.2) is 0 Å². The van der Waals surface area contributed by atoms with Gasteiger partial charge < -0.3 is 9.84 Å². The molecule has 3 aliphatic rings. The number of rotatable bonds is 0. The molecule has 100 valence electrons. The fourth-order valence-electron chi connectivity index (χ4n) is 4.05. The van der Waals surface area contributed by atoms with Crippen LogP contribution in [0.3, 0.4) is 0 Å². The van der Waals surface area contributed by atoms with Crippen LogP contribution in [0.2, 0.25) is 0 Å². The van der Waals surface area contributed by atoms with Gasteiger partial charge in [-0.05, 0) is 43.8 Å². The van der Waals surface area contributed by atoms with Crippen LogP contribution in [0.4, 0.5) is 0 Å². The molecular formula is C15H22O3. The van der Waals surface area contributed by atoms with E-state index in [4.69, 9.17) is 4.74 Å². The fourth-order valence-corrected chi connectivity index (χ4v) is 4.05. The molecule has 0 unspecified atom stereocenters. The number of ketones is 1. The molecule has 3 heteroatoms. The normalized spacial score (nSPS) is 52.7. The first-order chi connectivity index (χ1) is 8.25. The van der Waals surface area contributed by atoms with Gasteiger partial charge in [0.25, 0.3) is 0 Å². The summed E-state index contributed by atoms with van der Waals surface area (Å²) in [5.41, 5.74) is -0.454. The van der Waals surface area contributed by atoms with Crippen molar-refractivity contribution in [2.45, 2.75) is 64.3 Å². The Morgan fingerprint density at radius 1 is 1.39 bits per heavy atom. The van der Waals surface area contributed by atoms with Gasteiger partial charge in [-0.1, -0.05) is 20.8 Å². The van der Waals surface area contributed by atoms with Crippen molar-refractivity contribution in [1.29, 1.82) is 0 Å². The number of hydrogen-bond acceptors (Lipinski definition) is 3. The molecule has 18 heavy (non-hydrogen) atoms. The Morgan fingerprint density at radius 3 is 2.72 bits per heavy atom. The van der Waals surface area contributed by atoms with Crippen molar-refractivity contribution < 1.29 is 14.6 Å². The van der Waals surface area contributed by atoms with E-state index in [1.54, 1.807) is 0 Å². The van der Waals surface area contributed by atoms with Gasteiger partial charge in [-0.2, -0.15) is 0 Å². The van der Waals surface area contributed by atoms with Crippen molar-refractivity contribution in [1.82, 2.24) is 0 Å². The third-order valence-corrected chi connectivity index (χ3v) is 5.21. The van der Waals surface area contributed by atoms with Crippen LogP contribution in [-0.4, -0.2) is 28.2 Å². The van der Waals surface area contributed by atoms with Crippen molar-refractivity contribution in [2.24, 2.45) is 11.3 Å². The highest BCUT2D eigenvalue weighted by atomic mass is 16.6. The number of hydrogen-bond donors (Lipinski definition) is 1. The Labute approximate surface area is 108 Å². The van der Waals surface area contributed by atoms with Gasteiger partial charge >= 0.3 is 0 Å². The summed E-state index contributed by atoms with van der Waals surface area (Å²) >= 11 is 0. The zero-order valence-electron chi connectivity index (χ0n) is 11.6. The molecule has 4 atom stereocenters. The minimum absolute atomic E-state index is 0.190. The van der Waals surface area contributed by atoms with Gasteiger partial charge in [0.05, 0.1) is 6.10 Å². The molecule has 0 radical (unpaired) electrons. The molecule has 1 saturated carbocycles. The van der Waals surface area contributed by atoms with Gasteiger partial charge in [-0.15, -0.1) is 0 Å². The number of epoxide rings is 1. The second-order valence-electron chi connectivity index (χ2n) is 7.00. The molecule has 0 amide bonds. The topological polar surface area (TPSA) is 49.8 Å². The first-order valence-electron chi connectivity index (χ1n) is 6.88. The quantitative estimate of drug-likeness (QED) is 0.530. The lowest BCUT2D eigenvalue weighted by atomic mass is 9.78. The molecule has 3 nitrogen and oxygen atoms in total. The molecule has 0 aromatic rings. The zero-order chi connectivity index (χ0) is 13.3. The Kier molecular flexibility index (Phi) is 2.24. The summed E-state index contributed by atoms with van der Waals surface area (Å²) in [4.78, 5) is 12.6. The number of ether oxygens (including phenoxy) is 1. The summed E-state index contributed by atoms with van der Waals surface area (Å²) in [6.45, 7) is 8.08. The second kappa shape index (κ2) is 3.26. The van der Waals surface area contributed by atoms with Gasteiger partial charge in [0.2, 0.25) is 0 Å². The molecule has 0 aromatic carbocycles. The molecule has 0 spiro atoms. The van der Waals surface area contributed by atoms with Gasteiger partial charge in [0.1, 0.15) is 5.60 Å². The first kappa shape index (κ1) is 12.4. The lowest BCUT2D eigenvalue weighted by Gasteiger charge is -2.25. The van der Waals surface area contributed by atoms with E-state index in [1.165, 1.54) is 0 Å². The standard InChI is InChI=1S/C15H22O3/c1-9-7-14-12(17)13(3,4)8-15(14,18-14)10(2)5-6-11(9)16/h7,10-11,16H,5-6,8H2,1-4H3/b9-7-/t10-,11+,14-,15-/m1/s1. The Bertz CT molecular complexity index is 451. The monoisotopic (exact) mass is 250 g/mol. The summed E-state index contributed by atoms with van der Waals surface area (Å²) < 4.78 is 5.99. The lowest BCUT2D eigenvalue weighted by Crippen LogP contribution is -2.34. The van der Waals surface area contributed by atoms with Crippen LogP contribution in [0.25, 0.3) is 0 Å². The summed E-state index contributed by atoms with van der Waals surface area (Å²) in [5, 5.41) is 10.0. The molecule has 2 fully saturated rings. The van der Waals surface area contributed by atoms with E-state index in [0.29, 0.717) is 5.92 Å². The van der Waals surface area contributed by atoms with E-state index in [9.17, 15) is 9.90 Å². The Hall–Kier alpha value is -0.670. The van der Waals surface area contributed by atoms with Gasteiger partial charge in [-0.3, -0.25) is 4.79 Å². The molecule has 0 aromatic heterocycles. The Balaban J connectivity index is 2.11. The summed E-state index contributed by atoms with van der Waals surface area (Å²) in [7, 11) is 0. The van der Waals surface area contributed by atoms with Crippen LogP contribution >= 0.6 is 0 Å². The maximum atomic E-state index is 12.6. The molecule has 1 N–H and O–H groups in total. The molecule has 3 rings (SSSR count). The SMILES string of the molecule is C/C1=C/[C@]23O[C@]2(CC(C)(C)C3=O)[C@H](C)CC[C@@H]1O. The molecule has 0 bridgehead atoms. The third kappa shape index (κ3) is 1.24.